The van der Waals surface area contributed by atoms with Gasteiger partial charge in [-0.3, -0.25) is 0 Å². The maximum absolute atomic E-state index is 14.8. The van der Waals surface area contributed by atoms with Crippen LogP contribution in [0, 0.1) is 0 Å². The number of hydrogen-bond donors (Lipinski definition) is 2. The predicted octanol–water partition coefficient (Wildman–Crippen LogP) is 8.27. The third kappa shape index (κ3) is 9.93. The molecule has 0 aliphatic rings. The minimum atomic E-state index is -8.18. The molecule has 1 atom stereocenters. The number of amides is 2. The first-order chi connectivity index (χ1) is 23.5. The summed E-state index contributed by atoms with van der Waals surface area (Å²) < 4.78 is 229. The van der Waals surface area contributed by atoms with Crippen LogP contribution < -0.4 is 14.8 Å². The highest BCUT2D eigenvalue weighted by molar-refractivity contribution is 5.89. The summed E-state index contributed by atoms with van der Waals surface area (Å²) in [5, 5.41) is 10.8. The van der Waals surface area contributed by atoms with Crippen LogP contribution in [0.1, 0.15) is 12.5 Å². The summed E-state index contributed by atoms with van der Waals surface area (Å²) >= 11 is 0. The first kappa shape index (κ1) is 43.8. The third-order valence-electron chi connectivity index (χ3n) is 6.63. The number of carboxylic acid groups (broad SMARTS) is 1. The second-order valence-corrected chi connectivity index (χ2v) is 10.4. The second kappa shape index (κ2) is 15.7. The predicted molar refractivity (Wildman–Crippen MR) is 143 cm³/mol. The van der Waals surface area contributed by atoms with E-state index in [1.165, 1.54) is 19.1 Å². The minimum Gasteiger partial charge on any atom is -0.492 e. The molecular weight excluding hydrogens is 764 g/mol. The van der Waals surface area contributed by atoms with Crippen molar-refractivity contribution >= 4 is 17.7 Å². The number of halogens is 16. The van der Waals surface area contributed by atoms with Gasteiger partial charge in [0.05, 0.1) is 13.1 Å². The lowest BCUT2D eigenvalue weighted by atomic mass is 9.93. The number of benzene rings is 2. The number of carboxylic acids is 1. The highest BCUT2D eigenvalue weighted by Gasteiger charge is 2.90. The van der Waals surface area contributed by atoms with Gasteiger partial charge in [-0.1, -0.05) is 12.1 Å². The monoisotopic (exact) mass is 788 g/mol. The fourth-order valence-electron chi connectivity index (χ4n) is 3.96. The maximum Gasteiger partial charge on any atom is 0.573 e. The molecule has 0 fully saturated rings. The molecule has 294 valence electrons. The van der Waals surface area contributed by atoms with Gasteiger partial charge < -0.3 is 29.5 Å². The molecule has 1 unspecified atom stereocenters. The molecule has 0 spiro atoms. The van der Waals surface area contributed by atoms with E-state index in [2.05, 4.69) is 4.74 Å². The van der Waals surface area contributed by atoms with Crippen molar-refractivity contribution in [1.82, 2.24) is 4.90 Å². The first-order valence-corrected chi connectivity index (χ1v) is 13.9. The largest absolute Gasteiger partial charge is 0.573 e. The fourth-order valence-corrected chi connectivity index (χ4v) is 3.96. The van der Waals surface area contributed by atoms with Gasteiger partial charge in [-0.05, 0) is 48.9 Å². The van der Waals surface area contributed by atoms with E-state index in [1.54, 1.807) is 5.32 Å². The van der Waals surface area contributed by atoms with Crippen LogP contribution in [0.4, 0.5) is 80.7 Å². The Hall–Kier alpha value is -4.38. The lowest BCUT2D eigenvalue weighted by Crippen LogP contribution is -2.71. The minimum absolute atomic E-state index is 0.0328. The molecule has 8 nitrogen and oxygen atoms in total. The number of rotatable bonds is 17. The molecule has 0 aliphatic heterocycles. The molecule has 0 radical (unpaired) electrons. The van der Waals surface area contributed by atoms with Crippen LogP contribution in [0.3, 0.4) is 0 Å². The first-order valence-electron chi connectivity index (χ1n) is 13.9. The molecule has 24 heteroatoms. The van der Waals surface area contributed by atoms with Gasteiger partial charge in [0.15, 0.2) is 6.10 Å². The standard InChI is InChI=1S/C28H24F16N2O6/c1-2-50-19(20(47)48)13-15-3-7-17(8-4-15)51-12-11-46(21(49)45-16-5-9-18(10-6-16)52-28(42,43)44)14-22(29,30)23(31,32)24(33,34)25(35,36)26(37,38)27(39,40)41/h3-10,19H,2,11-14H2,1H3,(H,45,49)(H,47,48). The lowest BCUT2D eigenvalue weighted by Gasteiger charge is -2.40. The fraction of sp³-hybridized carbons (Fsp3) is 0.500. The molecule has 0 saturated heterocycles. The molecule has 52 heavy (non-hydrogen) atoms. The zero-order valence-corrected chi connectivity index (χ0v) is 25.7. The van der Waals surface area contributed by atoms with Crippen LogP contribution in [-0.4, -0.2) is 96.6 Å². The summed E-state index contributed by atoms with van der Waals surface area (Å²) in [6.07, 6.45) is -14.3. The quantitative estimate of drug-likeness (QED) is 0.157. The Bertz CT molecular complexity index is 1500. The van der Waals surface area contributed by atoms with Crippen molar-refractivity contribution in [3.63, 3.8) is 0 Å². The molecule has 0 saturated carbocycles. The van der Waals surface area contributed by atoms with Gasteiger partial charge in [0, 0.05) is 18.7 Å². The molecule has 2 N–H and O–H groups in total. The highest BCUT2D eigenvalue weighted by atomic mass is 19.4. The molecule has 2 aromatic carbocycles. The van der Waals surface area contributed by atoms with E-state index in [0.29, 0.717) is 29.8 Å². The Kier molecular flexibility index (Phi) is 13.2. The van der Waals surface area contributed by atoms with Crippen LogP contribution in [0.5, 0.6) is 11.5 Å². The number of ether oxygens (including phenoxy) is 3. The van der Waals surface area contributed by atoms with Gasteiger partial charge in [-0.2, -0.15) is 57.1 Å². The molecule has 2 rings (SSSR count). The maximum atomic E-state index is 14.8. The number of carbonyl (C=O) groups is 2. The Morgan fingerprint density at radius 1 is 0.731 bits per heavy atom. The molecule has 0 aliphatic carbocycles. The van der Waals surface area contributed by atoms with Crippen LogP contribution in [0.15, 0.2) is 48.5 Å². The number of carbonyl (C=O) groups excluding carboxylic acids is 1. The van der Waals surface area contributed by atoms with E-state index < -0.39 is 96.3 Å². The van der Waals surface area contributed by atoms with Gasteiger partial charge in [0.1, 0.15) is 18.1 Å². The summed E-state index contributed by atoms with van der Waals surface area (Å²) in [6, 6.07) is 5.16. The van der Waals surface area contributed by atoms with Crippen molar-refractivity contribution in [2.75, 3.05) is 31.6 Å². The third-order valence-corrected chi connectivity index (χ3v) is 6.63. The van der Waals surface area contributed by atoms with Crippen molar-refractivity contribution < 1.29 is 99.2 Å². The zero-order chi connectivity index (χ0) is 40.1. The van der Waals surface area contributed by atoms with Crippen molar-refractivity contribution in [1.29, 1.82) is 0 Å². The van der Waals surface area contributed by atoms with Crippen LogP contribution >= 0.6 is 0 Å². The van der Waals surface area contributed by atoms with E-state index in [0.717, 1.165) is 12.1 Å². The van der Waals surface area contributed by atoms with Gasteiger partial charge in [-0.15, -0.1) is 13.2 Å². The molecule has 2 amide bonds. The number of hydrogen-bond acceptors (Lipinski definition) is 5. The summed E-state index contributed by atoms with van der Waals surface area (Å²) in [6.45, 7) is -3.90. The van der Waals surface area contributed by atoms with Crippen LogP contribution in [-0.2, 0) is 16.0 Å². The number of urea groups is 1. The van der Waals surface area contributed by atoms with E-state index in [9.17, 15) is 84.9 Å². The number of alkyl halides is 16. The summed E-state index contributed by atoms with van der Waals surface area (Å²) in [5.41, 5.74) is -0.263. The molecule has 0 heterocycles. The Morgan fingerprint density at radius 3 is 1.69 bits per heavy atom. The second-order valence-electron chi connectivity index (χ2n) is 10.4. The average molecular weight is 788 g/mol. The highest BCUT2D eigenvalue weighted by Crippen LogP contribution is 2.60. The van der Waals surface area contributed by atoms with Crippen molar-refractivity contribution in [2.45, 2.75) is 61.6 Å². The summed E-state index contributed by atoms with van der Waals surface area (Å²) in [4.78, 5) is 23.5. The van der Waals surface area contributed by atoms with E-state index in [1.807, 2.05) is 0 Å². The molecule has 2 aromatic rings. The van der Waals surface area contributed by atoms with E-state index in [4.69, 9.17) is 9.47 Å². The Labute approximate surface area is 281 Å². The number of anilines is 1. The Morgan fingerprint density at radius 2 is 1.23 bits per heavy atom. The van der Waals surface area contributed by atoms with E-state index >= 15 is 0 Å². The van der Waals surface area contributed by atoms with Gasteiger partial charge in [0.2, 0.25) is 0 Å². The van der Waals surface area contributed by atoms with Gasteiger partial charge in [0.25, 0.3) is 0 Å². The van der Waals surface area contributed by atoms with Crippen molar-refractivity contribution in [3.8, 4) is 11.5 Å². The zero-order valence-electron chi connectivity index (χ0n) is 25.7. The van der Waals surface area contributed by atoms with Gasteiger partial charge in [-0.25, -0.2) is 9.59 Å². The van der Waals surface area contributed by atoms with E-state index in [-0.39, 0.29) is 18.8 Å². The van der Waals surface area contributed by atoms with Gasteiger partial charge >= 0.3 is 54.2 Å². The normalized spacial score (nSPS) is 14.1. The smallest absolute Gasteiger partial charge is 0.492 e. The number of nitrogens with zero attached hydrogens (tertiary/aromatic N) is 1. The number of aliphatic carboxylic acids is 1. The molecule has 0 aromatic heterocycles. The summed E-state index contributed by atoms with van der Waals surface area (Å²) in [7, 11) is 0. The van der Waals surface area contributed by atoms with Crippen LogP contribution in [0.2, 0.25) is 0 Å². The van der Waals surface area contributed by atoms with Crippen LogP contribution in [0.25, 0.3) is 0 Å². The average Bonchev–Trinajstić information content (AvgIpc) is 3.00. The Balaban J connectivity index is 2.38. The number of nitrogens with one attached hydrogen (secondary N) is 1. The topological polar surface area (TPSA) is 97.3 Å². The van der Waals surface area contributed by atoms with Crippen molar-refractivity contribution in [3.05, 3.63) is 54.1 Å². The summed E-state index contributed by atoms with van der Waals surface area (Å²) in [5.74, 6) is -41.1. The molecule has 0 bridgehead atoms. The molecular formula is C28H24F16N2O6. The lowest BCUT2D eigenvalue weighted by molar-refractivity contribution is -0.439. The van der Waals surface area contributed by atoms with Crippen molar-refractivity contribution in [2.24, 2.45) is 0 Å². The SMILES string of the molecule is CCOC(Cc1ccc(OCCN(CC(F)(F)C(F)(F)C(F)(F)C(F)(F)C(F)(F)C(F)(F)F)C(=O)Nc2ccc(OC(F)(F)F)cc2)cc1)C(=O)O.